The van der Waals surface area contributed by atoms with Crippen molar-refractivity contribution in [3.63, 3.8) is 0 Å². The van der Waals surface area contributed by atoms with Gasteiger partial charge in [-0.2, -0.15) is 0 Å². The fourth-order valence-electron chi connectivity index (χ4n) is 3.50. The zero-order chi connectivity index (χ0) is 18.7. The van der Waals surface area contributed by atoms with Gasteiger partial charge < -0.3 is 5.11 Å². The summed E-state index contributed by atoms with van der Waals surface area (Å²) in [5.41, 5.74) is 5.22. The maximum absolute atomic E-state index is 9.83. The molecule has 2 aromatic carbocycles. The summed E-state index contributed by atoms with van der Waals surface area (Å²) in [6, 6.07) is 15.4. The normalized spacial score (nSPS) is 11.8. The molecule has 0 atom stereocenters. The molecule has 0 amide bonds. The molecule has 0 unspecified atom stereocenters. The molecular formula is C24H30O. The fraction of sp³-hybridized carbons (Fsp3) is 0.417. The number of benzene rings is 2. The van der Waals surface area contributed by atoms with E-state index >= 15 is 0 Å². The van der Waals surface area contributed by atoms with E-state index in [1.165, 1.54) is 16.7 Å². The number of hydrogen-bond donors (Lipinski definition) is 1. The van der Waals surface area contributed by atoms with E-state index in [1.807, 2.05) is 0 Å². The van der Waals surface area contributed by atoms with Crippen molar-refractivity contribution in [2.24, 2.45) is 0 Å². The molecule has 2 rings (SSSR count). The minimum absolute atomic E-state index is 0.0268. The van der Waals surface area contributed by atoms with Crippen LogP contribution in [0.1, 0.15) is 68.4 Å². The Morgan fingerprint density at radius 2 is 1.56 bits per heavy atom. The monoisotopic (exact) mass is 334 g/mol. The van der Waals surface area contributed by atoms with Gasteiger partial charge in [-0.15, -0.1) is 0 Å². The molecule has 0 aliphatic rings. The second-order valence-corrected chi connectivity index (χ2v) is 7.50. The molecule has 0 spiro atoms. The molecule has 0 aromatic heterocycles. The summed E-state index contributed by atoms with van der Waals surface area (Å²) < 4.78 is 0. The smallest absolute Gasteiger partial charge is 0.120 e. The van der Waals surface area contributed by atoms with Crippen LogP contribution in [0.3, 0.4) is 0 Å². The molecule has 0 saturated carbocycles. The average Bonchev–Trinajstić information content (AvgIpc) is 2.55. The molecule has 1 nitrogen and oxygen atoms in total. The van der Waals surface area contributed by atoms with Crippen molar-refractivity contribution in [3.8, 4) is 11.8 Å². The highest BCUT2D eigenvalue weighted by Crippen LogP contribution is 2.39. The average molecular weight is 335 g/mol. The van der Waals surface area contributed by atoms with Crippen LogP contribution in [-0.2, 0) is 5.41 Å². The molecule has 132 valence electrons. The first-order chi connectivity index (χ1) is 11.7. The van der Waals surface area contributed by atoms with Gasteiger partial charge in [-0.05, 0) is 63.3 Å². The lowest BCUT2D eigenvalue weighted by molar-refractivity contribution is 0.143. The van der Waals surface area contributed by atoms with Gasteiger partial charge in [0.25, 0.3) is 0 Å². The van der Waals surface area contributed by atoms with Crippen LogP contribution >= 0.6 is 0 Å². The Hall–Kier alpha value is -2.04. The molecule has 1 heteroatoms. The van der Waals surface area contributed by atoms with Gasteiger partial charge in [-0.25, -0.2) is 0 Å². The number of hydrogen-bond acceptors (Lipinski definition) is 1. The van der Waals surface area contributed by atoms with Gasteiger partial charge in [-0.1, -0.05) is 67.6 Å². The van der Waals surface area contributed by atoms with Crippen LogP contribution in [0.5, 0.6) is 0 Å². The summed E-state index contributed by atoms with van der Waals surface area (Å²) in [6.45, 7) is 12.2. The minimum atomic E-state index is -0.969. The van der Waals surface area contributed by atoms with Crippen molar-refractivity contribution in [2.45, 2.75) is 65.4 Å². The molecular weight excluding hydrogens is 304 g/mol. The maximum Gasteiger partial charge on any atom is 0.120 e. The van der Waals surface area contributed by atoms with Crippen molar-refractivity contribution in [3.05, 3.63) is 70.3 Å². The standard InChI is InChI=1S/C24H30O/c1-7-24(8-2,21-11-9-10-18(3)16-21)22-13-12-20(19(4)17-22)14-15-23(5,6)25/h9-13,16-17,25H,7-8H2,1-6H3. The van der Waals surface area contributed by atoms with E-state index < -0.39 is 5.60 Å². The third kappa shape index (κ3) is 4.33. The Balaban J connectivity index is 2.53. The van der Waals surface area contributed by atoms with Gasteiger partial charge in [-0.3, -0.25) is 0 Å². The molecule has 25 heavy (non-hydrogen) atoms. The predicted molar refractivity (Wildman–Crippen MR) is 107 cm³/mol. The van der Waals surface area contributed by atoms with Crippen LogP contribution in [-0.4, -0.2) is 10.7 Å². The van der Waals surface area contributed by atoms with Crippen molar-refractivity contribution in [1.82, 2.24) is 0 Å². The van der Waals surface area contributed by atoms with Crippen molar-refractivity contribution < 1.29 is 5.11 Å². The second kappa shape index (κ2) is 7.46. The Morgan fingerprint density at radius 1 is 0.920 bits per heavy atom. The minimum Gasteiger partial charge on any atom is -0.378 e. The number of aryl methyl sites for hydroxylation is 2. The highest BCUT2D eigenvalue weighted by Gasteiger charge is 2.30. The van der Waals surface area contributed by atoms with E-state index in [-0.39, 0.29) is 5.41 Å². The van der Waals surface area contributed by atoms with E-state index in [0.29, 0.717) is 0 Å². The molecule has 0 aliphatic carbocycles. The lowest BCUT2D eigenvalue weighted by Gasteiger charge is -2.34. The lowest BCUT2D eigenvalue weighted by Crippen LogP contribution is -2.26. The largest absolute Gasteiger partial charge is 0.378 e. The zero-order valence-corrected chi connectivity index (χ0v) is 16.4. The van der Waals surface area contributed by atoms with Gasteiger partial charge in [0, 0.05) is 11.0 Å². The van der Waals surface area contributed by atoms with E-state index in [2.05, 4.69) is 82.0 Å². The van der Waals surface area contributed by atoms with E-state index in [1.54, 1.807) is 13.8 Å². The second-order valence-electron chi connectivity index (χ2n) is 7.50. The molecule has 1 N–H and O–H groups in total. The van der Waals surface area contributed by atoms with E-state index in [9.17, 15) is 5.11 Å². The van der Waals surface area contributed by atoms with Crippen LogP contribution in [0, 0.1) is 25.7 Å². The van der Waals surface area contributed by atoms with Crippen molar-refractivity contribution in [2.75, 3.05) is 0 Å². The predicted octanol–water partition coefficient (Wildman–Crippen LogP) is 5.53. The Kier molecular flexibility index (Phi) is 5.76. The maximum atomic E-state index is 9.83. The highest BCUT2D eigenvalue weighted by molar-refractivity contribution is 5.48. The first-order valence-electron chi connectivity index (χ1n) is 9.15. The fourth-order valence-corrected chi connectivity index (χ4v) is 3.50. The Bertz CT molecular complexity index is 793. The van der Waals surface area contributed by atoms with Crippen LogP contribution in [0.25, 0.3) is 0 Å². The van der Waals surface area contributed by atoms with Gasteiger partial charge in [0.2, 0.25) is 0 Å². The van der Waals surface area contributed by atoms with Crippen molar-refractivity contribution >= 4 is 0 Å². The van der Waals surface area contributed by atoms with Crippen LogP contribution < -0.4 is 0 Å². The SMILES string of the molecule is CCC(CC)(c1cccc(C)c1)c1ccc(C#CC(C)(C)O)c(C)c1. The zero-order valence-electron chi connectivity index (χ0n) is 16.4. The Labute approximate surface area is 153 Å². The summed E-state index contributed by atoms with van der Waals surface area (Å²) in [5, 5.41) is 9.83. The topological polar surface area (TPSA) is 20.2 Å². The molecule has 0 saturated heterocycles. The quantitative estimate of drug-likeness (QED) is 0.729. The van der Waals surface area contributed by atoms with Crippen LogP contribution in [0.4, 0.5) is 0 Å². The van der Waals surface area contributed by atoms with Gasteiger partial charge in [0.15, 0.2) is 0 Å². The van der Waals surface area contributed by atoms with Crippen LogP contribution in [0.15, 0.2) is 42.5 Å². The van der Waals surface area contributed by atoms with Crippen LogP contribution in [0.2, 0.25) is 0 Å². The van der Waals surface area contributed by atoms with Gasteiger partial charge in [0.05, 0.1) is 0 Å². The number of rotatable bonds is 4. The third-order valence-corrected chi connectivity index (χ3v) is 5.06. The van der Waals surface area contributed by atoms with E-state index in [4.69, 9.17) is 0 Å². The molecule has 0 radical (unpaired) electrons. The lowest BCUT2D eigenvalue weighted by atomic mass is 9.70. The van der Waals surface area contributed by atoms with Gasteiger partial charge >= 0.3 is 0 Å². The van der Waals surface area contributed by atoms with Crippen molar-refractivity contribution in [1.29, 1.82) is 0 Å². The molecule has 0 aliphatic heterocycles. The number of aliphatic hydroxyl groups is 1. The molecule has 2 aromatic rings. The molecule has 0 heterocycles. The first kappa shape index (κ1) is 19.3. The molecule has 0 fully saturated rings. The Morgan fingerprint density at radius 3 is 2.08 bits per heavy atom. The summed E-state index contributed by atoms with van der Waals surface area (Å²) in [7, 11) is 0. The summed E-state index contributed by atoms with van der Waals surface area (Å²) in [6.07, 6.45) is 2.11. The van der Waals surface area contributed by atoms with E-state index in [0.717, 1.165) is 24.0 Å². The van der Waals surface area contributed by atoms with Gasteiger partial charge in [0.1, 0.15) is 5.60 Å². The highest BCUT2D eigenvalue weighted by atomic mass is 16.3. The third-order valence-electron chi connectivity index (χ3n) is 5.06. The summed E-state index contributed by atoms with van der Waals surface area (Å²) in [4.78, 5) is 0. The summed E-state index contributed by atoms with van der Waals surface area (Å²) in [5.74, 6) is 6.03. The first-order valence-corrected chi connectivity index (χ1v) is 9.15. The molecule has 0 bridgehead atoms. The summed E-state index contributed by atoms with van der Waals surface area (Å²) >= 11 is 0.